The third kappa shape index (κ3) is 3.69. The molecule has 0 bridgehead atoms. The molecule has 0 aromatic heterocycles. The summed E-state index contributed by atoms with van der Waals surface area (Å²) in [6, 6.07) is 21.6. The number of carbonyl (C=O) groups is 1. The van der Waals surface area contributed by atoms with E-state index in [9.17, 15) is 9.18 Å². The van der Waals surface area contributed by atoms with Crippen molar-refractivity contribution < 1.29 is 13.9 Å². The summed E-state index contributed by atoms with van der Waals surface area (Å²) in [5, 5.41) is 0. The highest BCUT2D eigenvalue weighted by atomic mass is 19.1. The Balaban J connectivity index is 1.87. The monoisotopic (exact) mass is 320 g/mol. The molecule has 2 nitrogen and oxygen atoms in total. The predicted molar refractivity (Wildman–Crippen MR) is 92.6 cm³/mol. The van der Waals surface area contributed by atoms with Gasteiger partial charge in [0.25, 0.3) is 0 Å². The molecular formula is C21H17FO2. The van der Waals surface area contributed by atoms with Crippen LogP contribution in [0.4, 0.5) is 4.39 Å². The zero-order valence-corrected chi connectivity index (χ0v) is 13.3. The summed E-state index contributed by atoms with van der Waals surface area (Å²) in [7, 11) is 0. The van der Waals surface area contributed by atoms with Gasteiger partial charge >= 0.3 is 0 Å². The SMILES string of the molecule is CC(=O)c1cc(F)ccc1-c1cccc(OCc2ccccc2)c1. The molecule has 0 saturated carbocycles. The minimum atomic E-state index is -0.416. The van der Waals surface area contributed by atoms with Crippen molar-refractivity contribution in [2.45, 2.75) is 13.5 Å². The molecule has 3 aromatic carbocycles. The highest BCUT2D eigenvalue weighted by molar-refractivity contribution is 6.00. The molecule has 0 radical (unpaired) electrons. The Hall–Kier alpha value is -2.94. The van der Waals surface area contributed by atoms with Crippen LogP contribution >= 0.6 is 0 Å². The summed E-state index contributed by atoms with van der Waals surface area (Å²) in [6.45, 7) is 1.90. The van der Waals surface area contributed by atoms with E-state index in [1.165, 1.54) is 19.1 Å². The topological polar surface area (TPSA) is 26.3 Å². The summed E-state index contributed by atoms with van der Waals surface area (Å²) in [4.78, 5) is 11.8. The van der Waals surface area contributed by atoms with E-state index in [0.717, 1.165) is 11.1 Å². The summed E-state index contributed by atoms with van der Waals surface area (Å²) in [5.41, 5.74) is 2.98. The van der Waals surface area contributed by atoms with Crippen LogP contribution in [0.25, 0.3) is 11.1 Å². The molecule has 0 aliphatic rings. The van der Waals surface area contributed by atoms with Crippen molar-refractivity contribution in [1.82, 2.24) is 0 Å². The second-order valence-electron chi connectivity index (χ2n) is 5.55. The predicted octanol–water partition coefficient (Wildman–Crippen LogP) is 5.27. The first-order valence-electron chi connectivity index (χ1n) is 7.71. The van der Waals surface area contributed by atoms with Gasteiger partial charge in [-0.2, -0.15) is 0 Å². The fourth-order valence-electron chi connectivity index (χ4n) is 2.55. The minimum Gasteiger partial charge on any atom is -0.489 e. The largest absolute Gasteiger partial charge is 0.489 e. The maximum absolute atomic E-state index is 13.4. The molecule has 0 spiro atoms. The van der Waals surface area contributed by atoms with Crippen LogP contribution in [0.1, 0.15) is 22.8 Å². The lowest BCUT2D eigenvalue weighted by Crippen LogP contribution is -1.98. The van der Waals surface area contributed by atoms with Crippen molar-refractivity contribution in [2.24, 2.45) is 0 Å². The minimum absolute atomic E-state index is 0.167. The molecular weight excluding hydrogens is 303 g/mol. The van der Waals surface area contributed by atoms with Gasteiger partial charge in [0.2, 0.25) is 0 Å². The Morgan fingerprint density at radius 2 is 1.75 bits per heavy atom. The number of hydrogen-bond acceptors (Lipinski definition) is 2. The fourth-order valence-corrected chi connectivity index (χ4v) is 2.55. The van der Waals surface area contributed by atoms with Crippen molar-refractivity contribution in [3.63, 3.8) is 0 Å². The van der Waals surface area contributed by atoms with Gasteiger partial charge in [0.05, 0.1) is 0 Å². The third-order valence-electron chi connectivity index (χ3n) is 3.75. The molecule has 120 valence electrons. The Bertz CT molecular complexity index is 857. The lowest BCUT2D eigenvalue weighted by molar-refractivity contribution is 0.101. The van der Waals surface area contributed by atoms with Crippen LogP contribution in [0, 0.1) is 5.82 Å². The van der Waals surface area contributed by atoms with E-state index < -0.39 is 5.82 Å². The quantitative estimate of drug-likeness (QED) is 0.598. The number of ether oxygens (including phenoxy) is 1. The molecule has 0 atom stereocenters. The third-order valence-corrected chi connectivity index (χ3v) is 3.75. The number of rotatable bonds is 5. The van der Waals surface area contributed by atoms with Crippen LogP contribution in [-0.2, 0) is 6.61 Å². The van der Waals surface area contributed by atoms with E-state index in [-0.39, 0.29) is 5.78 Å². The van der Waals surface area contributed by atoms with Crippen molar-refractivity contribution in [1.29, 1.82) is 0 Å². The second-order valence-corrected chi connectivity index (χ2v) is 5.55. The molecule has 3 aromatic rings. The van der Waals surface area contributed by atoms with Crippen molar-refractivity contribution in [2.75, 3.05) is 0 Å². The van der Waals surface area contributed by atoms with E-state index in [1.54, 1.807) is 6.07 Å². The number of ketones is 1. The molecule has 0 amide bonds. The lowest BCUT2D eigenvalue weighted by atomic mass is 9.97. The van der Waals surface area contributed by atoms with Crippen molar-refractivity contribution >= 4 is 5.78 Å². The molecule has 3 rings (SSSR count). The number of Topliss-reactive ketones (excluding diaryl/α,β-unsaturated/α-hetero) is 1. The van der Waals surface area contributed by atoms with Crippen molar-refractivity contribution in [3.8, 4) is 16.9 Å². The first-order valence-corrected chi connectivity index (χ1v) is 7.71. The van der Waals surface area contributed by atoms with Crippen LogP contribution in [0.3, 0.4) is 0 Å². The van der Waals surface area contributed by atoms with E-state index in [4.69, 9.17) is 4.74 Å². The molecule has 0 N–H and O–H groups in total. The number of halogens is 1. The van der Waals surface area contributed by atoms with E-state index in [2.05, 4.69) is 0 Å². The zero-order chi connectivity index (χ0) is 16.9. The average Bonchev–Trinajstić information content (AvgIpc) is 2.61. The van der Waals surface area contributed by atoms with Crippen LogP contribution in [0.5, 0.6) is 5.75 Å². The zero-order valence-electron chi connectivity index (χ0n) is 13.3. The summed E-state index contributed by atoms with van der Waals surface area (Å²) in [5.74, 6) is 0.121. The first-order chi connectivity index (χ1) is 11.6. The van der Waals surface area contributed by atoms with Gasteiger partial charge in [0.15, 0.2) is 5.78 Å². The Labute approximate surface area is 140 Å². The van der Waals surface area contributed by atoms with E-state index in [0.29, 0.717) is 23.5 Å². The van der Waals surface area contributed by atoms with Gasteiger partial charge in [0, 0.05) is 5.56 Å². The van der Waals surface area contributed by atoms with E-state index in [1.807, 2.05) is 54.6 Å². The van der Waals surface area contributed by atoms with Crippen LogP contribution in [-0.4, -0.2) is 5.78 Å². The molecule has 3 heteroatoms. The van der Waals surface area contributed by atoms with Gasteiger partial charge in [-0.05, 0) is 47.9 Å². The fraction of sp³-hybridized carbons (Fsp3) is 0.0952. The van der Waals surface area contributed by atoms with Crippen LogP contribution in [0.15, 0.2) is 72.8 Å². The molecule has 0 aliphatic heterocycles. The van der Waals surface area contributed by atoms with Crippen LogP contribution < -0.4 is 4.74 Å². The Kier molecular flexibility index (Phi) is 4.71. The Morgan fingerprint density at radius 1 is 0.958 bits per heavy atom. The summed E-state index contributed by atoms with van der Waals surface area (Å²) >= 11 is 0. The number of hydrogen-bond donors (Lipinski definition) is 0. The number of carbonyl (C=O) groups excluding carboxylic acids is 1. The highest BCUT2D eigenvalue weighted by Gasteiger charge is 2.11. The molecule has 24 heavy (non-hydrogen) atoms. The van der Waals surface area contributed by atoms with Crippen molar-refractivity contribution in [3.05, 3.63) is 89.7 Å². The molecule has 0 saturated heterocycles. The average molecular weight is 320 g/mol. The molecule has 0 unspecified atom stereocenters. The van der Waals surface area contributed by atoms with Crippen LogP contribution in [0.2, 0.25) is 0 Å². The summed E-state index contributed by atoms with van der Waals surface area (Å²) < 4.78 is 19.3. The van der Waals surface area contributed by atoms with Gasteiger partial charge in [0.1, 0.15) is 18.2 Å². The maximum atomic E-state index is 13.4. The number of benzene rings is 3. The highest BCUT2D eigenvalue weighted by Crippen LogP contribution is 2.28. The van der Waals surface area contributed by atoms with Gasteiger partial charge in [-0.3, -0.25) is 4.79 Å². The Morgan fingerprint density at radius 3 is 2.50 bits per heavy atom. The molecule has 0 fully saturated rings. The van der Waals surface area contributed by atoms with Gasteiger partial charge in [-0.15, -0.1) is 0 Å². The van der Waals surface area contributed by atoms with E-state index >= 15 is 0 Å². The standard InChI is InChI=1S/C21H17FO2/c1-15(23)21-13-18(22)10-11-20(21)17-8-5-9-19(12-17)24-14-16-6-3-2-4-7-16/h2-13H,14H2,1H3. The van der Waals surface area contributed by atoms with Gasteiger partial charge in [-0.25, -0.2) is 4.39 Å². The van der Waals surface area contributed by atoms with Gasteiger partial charge in [-0.1, -0.05) is 48.5 Å². The molecule has 0 aliphatic carbocycles. The summed E-state index contributed by atoms with van der Waals surface area (Å²) in [6.07, 6.45) is 0. The maximum Gasteiger partial charge on any atom is 0.160 e. The van der Waals surface area contributed by atoms with Gasteiger partial charge < -0.3 is 4.74 Å². The molecule has 0 heterocycles. The smallest absolute Gasteiger partial charge is 0.160 e. The first kappa shape index (κ1) is 15.9. The second kappa shape index (κ2) is 7.09. The lowest BCUT2D eigenvalue weighted by Gasteiger charge is -2.11. The normalized spacial score (nSPS) is 10.4.